The van der Waals surface area contributed by atoms with E-state index in [4.69, 9.17) is 0 Å². The molecule has 0 radical (unpaired) electrons. The van der Waals surface area contributed by atoms with Crippen molar-refractivity contribution < 1.29 is 4.79 Å². The molecule has 0 fully saturated rings. The van der Waals surface area contributed by atoms with Gasteiger partial charge in [0.25, 0.3) is 5.91 Å². The second-order valence-corrected chi connectivity index (χ2v) is 6.77. The van der Waals surface area contributed by atoms with Crippen LogP contribution in [0.15, 0.2) is 15.2 Å². The average Bonchev–Trinajstić information content (AvgIpc) is 2.70. The van der Waals surface area contributed by atoms with Crippen molar-refractivity contribution in [1.29, 1.82) is 0 Å². The molecule has 16 heavy (non-hydrogen) atoms. The zero-order chi connectivity index (χ0) is 12.1. The van der Waals surface area contributed by atoms with Gasteiger partial charge in [0.15, 0.2) is 0 Å². The Morgan fingerprint density at radius 3 is 2.81 bits per heavy atom. The molecule has 0 saturated heterocycles. The lowest BCUT2D eigenvalue weighted by molar-refractivity contribution is 0.0744. The van der Waals surface area contributed by atoms with Crippen LogP contribution in [0.4, 0.5) is 0 Å². The predicted molar refractivity (Wildman–Crippen MR) is 76.6 cm³/mol. The normalized spacial score (nSPS) is 12.5. The molecular formula is C11H16BrNOS2. The molecule has 1 atom stereocenters. The van der Waals surface area contributed by atoms with Gasteiger partial charge < -0.3 is 4.90 Å². The number of thioether (sulfide) groups is 1. The van der Waals surface area contributed by atoms with Crippen LogP contribution < -0.4 is 0 Å². The number of thiophene rings is 1. The van der Waals surface area contributed by atoms with E-state index in [1.165, 1.54) is 0 Å². The second kappa shape index (κ2) is 6.67. The minimum Gasteiger partial charge on any atom is -0.338 e. The number of carbonyl (C=O) groups is 1. The van der Waals surface area contributed by atoms with Crippen LogP contribution >= 0.6 is 39.0 Å². The Morgan fingerprint density at radius 1 is 1.69 bits per heavy atom. The summed E-state index contributed by atoms with van der Waals surface area (Å²) < 4.78 is 1.00. The number of halogens is 1. The number of amides is 1. The van der Waals surface area contributed by atoms with Crippen molar-refractivity contribution in [3.63, 3.8) is 0 Å². The molecule has 0 aromatic carbocycles. The highest BCUT2D eigenvalue weighted by molar-refractivity contribution is 9.11. The molecule has 2 nitrogen and oxygen atoms in total. The summed E-state index contributed by atoms with van der Waals surface area (Å²) in [6.45, 7) is 2.12. The molecule has 0 aliphatic rings. The van der Waals surface area contributed by atoms with Gasteiger partial charge in [0.2, 0.25) is 0 Å². The first-order valence-electron chi connectivity index (χ1n) is 5.10. The maximum atomic E-state index is 12.1. The molecule has 1 aromatic rings. The van der Waals surface area contributed by atoms with E-state index in [0.29, 0.717) is 6.04 Å². The Labute approximate surface area is 114 Å². The van der Waals surface area contributed by atoms with Gasteiger partial charge in [-0.05, 0) is 34.7 Å². The molecule has 0 N–H and O–H groups in total. The lowest BCUT2D eigenvalue weighted by Crippen LogP contribution is -2.38. The van der Waals surface area contributed by atoms with Gasteiger partial charge in [-0.15, -0.1) is 11.3 Å². The highest BCUT2D eigenvalue weighted by atomic mass is 79.9. The zero-order valence-electron chi connectivity index (χ0n) is 9.70. The van der Waals surface area contributed by atoms with E-state index in [9.17, 15) is 4.79 Å². The fourth-order valence-corrected chi connectivity index (χ4v) is 3.46. The Balaban J connectivity index is 2.72. The van der Waals surface area contributed by atoms with Crippen molar-refractivity contribution in [2.24, 2.45) is 0 Å². The van der Waals surface area contributed by atoms with Crippen molar-refractivity contribution >= 4 is 44.9 Å². The van der Waals surface area contributed by atoms with E-state index in [1.54, 1.807) is 23.1 Å². The average molecular weight is 322 g/mol. The summed E-state index contributed by atoms with van der Waals surface area (Å²) in [4.78, 5) is 14.0. The smallest absolute Gasteiger partial charge is 0.254 e. The van der Waals surface area contributed by atoms with Crippen LogP contribution in [-0.4, -0.2) is 35.9 Å². The number of nitrogens with zero attached hydrogens (tertiary/aromatic N) is 1. The van der Waals surface area contributed by atoms with E-state index in [1.807, 2.05) is 23.4 Å². The van der Waals surface area contributed by atoms with Gasteiger partial charge in [-0.25, -0.2) is 0 Å². The van der Waals surface area contributed by atoms with Crippen LogP contribution in [0.5, 0.6) is 0 Å². The number of carbonyl (C=O) groups excluding carboxylic acids is 1. The molecule has 0 aliphatic carbocycles. The first-order valence-corrected chi connectivity index (χ1v) is 8.17. The van der Waals surface area contributed by atoms with Crippen molar-refractivity contribution in [3.05, 3.63) is 20.8 Å². The third-order valence-electron chi connectivity index (χ3n) is 2.51. The van der Waals surface area contributed by atoms with Crippen molar-refractivity contribution in [2.45, 2.75) is 19.4 Å². The quantitative estimate of drug-likeness (QED) is 0.823. The summed E-state index contributed by atoms with van der Waals surface area (Å²) in [7, 11) is 1.89. The maximum Gasteiger partial charge on any atom is 0.254 e. The van der Waals surface area contributed by atoms with Crippen LogP contribution in [0, 0.1) is 0 Å². The number of rotatable bonds is 5. The summed E-state index contributed by atoms with van der Waals surface area (Å²) in [6, 6.07) is 2.20. The standard InChI is InChI=1S/C11H16BrNOS2/c1-4-9(7-15-3)13(2)11(14)8-5-10(12)16-6-8/h5-6,9H,4,7H2,1-3H3. The minimum atomic E-state index is 0.114. The van der Waals surface area contributed by atoms with E-state index in [2.05, 4.69) is 29.1 Å². The molecule has 1 unspecified atom stereocenters. The summed E-state index contributed by atoms with van der Waals surface area (Å²) in [5.74, 6) is 1.10. The third-order valence-corrected chi connectivity index (χ3v) is 4.74. The van der Waals surface area contributed by atoms with Crippen molar-refractivity contribution in [1.82, 2.24) is 4.90 Å². The lowest BCUT2D eigenvalue weighted by atomic mass is 10.2. The van der Waals surface area contributed by atoms with Crippen molar-refractivity contribution in [3.8, 4) is 0 Å². The fourth-order valence-electron chi connectivity index (χ4n) is 1.49. The summed E-state index contributed by atoms with van der Waals surface area (Å²) in [5, 5.41) is 1.90. The Bertz CT molecular complexity index is 354. The Hall–Kier alpha value is -0.000000000000000111. The molecule has 0 aliphatic heterocycles. The minimum absolute atomic E-state index is 0.114. The van der Waals surface area contributed by atoms with Crippen LogP contribution in [-0.2, 0) is 0 Å². The summed E-state index contributed by atoms with van der Waals surface area (Å²) in [5.41, 5.74) is 0.777. The molecule has 0 saturated carbocycles. The van der Waals surface area contributed by atoms with E-state index in [0.717, 1.165) is 21.5 Å². The van der Waals surface area contributed by atoms with Crippen LogP contribution in [0.1, 0.15) is 23.7 Å². The molecule has 0 spiro atoms. The highest BCUT2D eigenvalue weighted by Gasteiger charge is 2.19. The monoisotopic (exact) mass is 321 g/mol. The van der Waals surface area contributed by atoms with Gasteiger partial charge in [-0.3, -0.25) is 4.79 Å². The van der Waals surface area contributed by atoms with E-state index < -0.39 is 0 Å². The van der Waals surface area contributed by atoms with Gasteiger partial charge in [0.05, 0.1) is 9.35 Å². The number of hydrogen-bond donors (Lipinski definition) is 0. The third kappa shape index (κ3) is 3.50. The second-order valence-electron chi connectivity index (χ2n) is 3.57. The van der Waals surface area contributed by atoms with Gasteiger partial charge >= 0.3 is 0 Å². The van der Waals surface area contributed by atoms with Gasteiger partial charge in [0.1, 0.15) is 0 Å². The SMILES string of the molecule is CCC(CSC)N(C)C(=O)c1csc(Br)c1. The van der Waals surface area contributed by atoms with Crippen LogP contribution in [0.3, 0.4) is 0 Å². The number of hydrogen-bond acceptors (Lipinski definition) is 3. The van der Waals surface area contributed by atoms with Crippen LogP contribution in [0.25, 0.3) is 0 Å². The molecule has 1 amide bonds. The largest absolute Gasteiger partial charge is 0.338 e. The van der Waals surface area contributed by atoms with Gasteiger partial charge in [0, 0.05) is 24.2 Å². The van der Waals surface area contributed by atoms with E-state index in [-0.39, 0.29) is 5.91 Å². The summed E-state index contributed by atoms with van der Waals surface area (Å²) >= 11 is 6.70. The Morgan fingerprint density at radius 2 is 2.38 bits per heavy atom. The molecule has 5 heteroatoms. The Kier molecular flexibility index (Phi) is 5.86. The van der Waals surface area contributed by atoms with Gasteiger partial charge in [-0.1, -0.05) is 6.92 Å². The maximum absolute atomic E-state index is 12.1. The van der Waals surface area contributed by atoms with Crippen molar-refractivity contribution in [2.75, 3.05) is 19.1 Å². The van der Waals surface area contributed by atoms with Gasteiger partial charge in [-0.2, -0.15) is 11.8 Å². The fraction of sp³-hybridized carbons (Fsp3) is 0.545. The molecular weight excluding hydrogens is 306 g/mol. The first kappa shape index (κ1) is 14.1. The molecule has 0 bridgehead atoms. The topological polar surface area (TPSA) is 20.3 Å². The first-order chi connectivity index (χ1) is 7.60. The van der Waals surface area contributed by atoms with E-state index >= 15 is 0 Å². The molecule has 1 aromatic heterocycles. The van der Waals surface area contributed by atoms with Crippen LogP contribution in [0.2, 0.25) is 0 Å². The highest BCUT2D eigenvalue weighted by Crippen LogP contribution is 2.22. The molecule has 90 valence electrons. The predicted octanol–water partition coefficient (Wildman–Crippen LogP) is 3.72. The summed E-state index contributed by atoms with van der Waals surface area (Å²) in [6.07, 6.45) is 3.07. The zero-order valence-corrected chi connectivity index (χ0v) is 12.9. The molecule has 1 heterocycles. The molecule has 1 rings (SSSR count). The lowest BCUT2D eigenvalue weighted by Gasteiger charge is -2.26.